The van der Waals surface area contributed by atoms with Crippen LogP contribution in [0.3, 0.4) is 0 Å². The van der Waals surface area contributed by atoms with E-state index in [1.165, 1.54) is 17.1 Å². The molecule has 0 bridgehead atoms. The highest BCUT2D eigenvalue weighted by Gasteiger charge is 2.24. The lowest BCUT2D eigenvalue weighted by molar-refractivity contribution is -0.142. The van der Waals surface area contributed by atoms with Crippen LogP contribution in [0, 0.1) is 0 Å². The van der Waals surface area contributed by atoms with Gasteiger partial charge in [0.25, 0.3) is 0 Å². The number of cyclic esters (lactones) is 1. The number of ether oxygens (including phenoxy) is 2. The maximum Gasteiger partial charge on any atom is 0.411 e. The van der Waals surface area contributed by atoms with Crippen LogP contribution in [0.4, 0.5) is 16.2 Å². The predicted octanol–water partition coefficient (Wildman–Crippen LogP) is 4.42. The fraction of sp³-hybridized carbons (Fsp3) is 0.226. The quantitative estimate of drug-likeness (QED) is 0.155. The van der Waals surface area contributed by atoms with E-state index in [9.17, 15) is 14.4 Å². The summed E-state index contributed by atoms with van der Waals surface area (Å²) in [6.07, 6.45) is 5.04. The molecule has 0 spiro atoms. The Morgan fingerprint density at radius 1 is 1.09 bits per heavy atom. The number of anilines is 2. The Hall–Kier alpha value is -5.23. The largest absolute Gasteiger partial charge is 0.459 e. The first-order valence-electron chi connectivity index (χ1n) is 13.9. The predicted molar refractivity (Wildman–Crippen MR) is 164 cm³/mol. The van der Waals surface area contributed by atoms with E-state index in [0.29, 0.717) is 47.8 Å². The summed E-state index contributed by atoms with van der Waals surface area (Å²) in [6, 6.07) is 22.0. The number of benzene rings is 3. The first-order chi connectivity index (χ1) is 21.4. The molecule has 2 amide bonds. The van der Waals surface area contributed by atoms with Crippen molar-refractivity contribution >= 4 is 47.0 Å². The molecule has 3 N–H and O–H groups in total. The van der Waals surface area contributed by atoms with Gasteiger partial charge < -0.3 is 20.1 Å². The molecule has 2 heterocycles. The van der Waals surface area contributed by atoms with Gasteiger partial charge in [-0.3, -0.25) is 14.9 Å². The van der Waals surface area contributed by atoms with Crippen molar-refractivity contribution in [3.05, 3.63) is 101 Å². The van der Waals surface area contributed by atoms with Gasteiger partial charge in [0, 0.05) is 41.0 Å². The van der Waals surface area contributed by atoms with Gasteiger partial charge in [0.2, 0.25) is 5.91 Å². The molecule has 44 heavy (non-hydrogen) atoms. The third-order valence-electron chi connectivity index (χ3n) is 6.72. The molecule has 1 fully saturated rings. The third kappa shape index (κ3) is 8.88. The summed E-state index contributed by atoms with van der Waals surface area (Å²) in [5.41, 5.74) is 3.78. The summed E-state index contributed by atoms with van der Waals surface area (Å²) in [5, 5.41) is 20.9. The number of amides is 2. The molecule has 0 unspecified atom stereocenters. The molecule has 0 aliphatic carbocycles. The minimum atomic E-state index is -0.629. The van der Waals surface area contributed by atoms with Crippen molar-refractivity contribution in [2.24, 2.45) is 0 Å². The van der Waals surface area contributed by atoms with E-state index in [1.807, 2.05) is 42.5 Å². The number of carbonyl (C=O) groups is 3. The van der Waals surface area contributed by atoms with Gasteiger partial charge in [-0.05, 0) is 77.4 Å². The van der Waals surface area contributed by atoms with Crippen molar-refractivity contribution in [1.29, 1.82) is 0 Å². The van der Waals surface area contributed by atoms with Crippen molar-refractivity contribution in [3.63, 3.8) is 0 Å². The number of esters is 1. The molecule has 12 nitrogen and oxygen atoms in total. The van der Waals surface area contributed by atoms with E-state index < -0.39 is 12.2 Å². The Balaban J connectivity index is 1.18. The summed E-state index contributed by atoms with van der Waals surface area (Å²) in [7, 11) is 0. The normalized spacial score (nSPS) is 15.0. The zero-order valence-electron chi connectivity index (χ0n) is 23.6. The zero-order valence-corrected chi connectivity index (χ0v) is 24.3. The lowest BCUT2D eigenvalue weighted by Gasteiger charge is -2.20. The maximum atomic E-state index is 13.0. The fourth-order valence-corrected chi connectivity index (χ4v) is 4.74. The molecule has 1 saturated heterocycles. The van der Waals surface area contributed by atoms with Gasteiger partial charge in [0.1, 0.15) is 19.0 Å². The van der Waals surface area contributed by atoms with Crippen LogP contribution in [0.5, 0.6) is 0 Å². The second kappa shape index (κ2) is 14.8. The number of aromatic nitrogens is 4. The highest BCUT2D eigenvalue weighted by Crippen LogP contribution is 2.21. The number of nitrogens with one attached hydrogen (secondary N) is 3. The van der Waals surface area contributed by atoms with Crippen molar-refractivity contribution in [1.82, 2.24) is 25.5 Å². The summed E-state index contributed by atoms with van der Waals surface area (Å²) in [6.45, 7) is 0.455. The molecule has 1 aromatic heterocycles. The van der Waals surface area contributed by atoms with E-state index in [0.717, 1.165) is 11.3 Å². The molecule has 226 valence electrons. The monoisotopic (exact) mass is 615 g/mol. The van der Waals surface area contributed by atoms with Crippen LogP contribution < -0.4 is 16.0 Å². The van der Waals surface area contributed by atoms with E-state index >= 15 is 0 Å². The van der Waals surface area contributed by atoms with E-state index in [-0.39, 0.29) is 24.5 Å². The summed E-state index contributed by atoms with van der Waals surface area (Å²) >= 11 is 6.20. The van der Waals surface area contributed by atoms with Crippen LogP contribution in [0.15, 0.2) is 85.2 Å². The lowest BCUT2D eigenvalue weighted by Crippen LogP contribution is -2.40. The van der Waals surface area contributed by atoms with E-state index in [2.05, 4.69) is 31.5 Å². The summed E-state index contributed by atoms with van der Waals surface area (Å²) in [5.74, 6) is -0.557. The SMILES string of the molecule is O=C(/C=C/c1cc(Cl)ccc1-n1cnnn1)N[C@@H](CNc1ccc(NC(=O)OC[C@H]2CCC(=O)O2)cc1)Cc1ccccc1. The van der Waals surface area contributed by atoms with Gasteiger partial charge in [-0.2, -0.15) is 4.68 Å². The smallest absolute Gasteiger partial charge is 0.411 e. The second-order valence-electron chi connectivity index (χ2n) is 10.0. The number of tetrazole rings is 1. The first kappa shape index (κ1) is 30.2. The van der Waals surface area contributed by atoms with E-state index in [1.54, 1.807) is 36.4 Å². The van der Waals surface area contributed by atoms with Crippen molar-refractivity contribution in [3.8, 4) is 5.69 Å². The molecule has 0 radical (unpaired) electrons. The standard InChI is InChI=1S/C31H30ClN7O5/c32-23-7-13-28(39-20-34-37-38-39)22(17-23)6-14-29(40)35-26(16-21-4-2-1-3-5-21)18-33-24-8-10-25(11-9-24)36-31(42)43-19-27-12-15-30(41)44-27/h1-11,13-14,17,20,26-27,33H,12,15-16,18-19H2,(H,35,40)(H,36,42)/b14-6+/t26-,27-/m1/s1. The average molecular weight is 616 g/mol. The number of hydrogen-bond acceptors (Lipinski definition) is 9. The van der Waals surface area contributed by atoms with Crippen molar-refractivity contribution in [2.75, 3.05) is 23.8 Å². The highest BCUT2D eigenvalue weighted by atomic mass is 35.5. The molecule has 1 aliphatic heterocycles. The number of carbonyl (C=O) groups excluding carboxylic acids is 3. The summed E-state index contributed by atoms with van der Waals surface area (Å²) in [4.78, 5) is 36.3. The van der Waals surface area contributed by atoms with Crippen LogP contribution in [0.25, 0.3) is 11.8 Å². The second-order valence-corrected chi connectivity index (χ2v) is 10.5. The molecule has 5 rings (SSSR count). The third-order valence-corrected chi connectivity index (χ3v) is 6.96. The number of rotatable bonds is 12. The Labute approximate surface area is 258 Å². The molecular formula is C31H30ClN7O5. The molecule has 2 atom stereocenters. The van der Waals surface area contributed by atoms with Gasteiger partial charge in [-0.25, -0.2) is 4.79 Å². The Kier molecular flexibility index (Phi) is 10.2. The van der Waals surface area contributed by atoms with Gasteiger partial charge in [0.15, 0.2) is 0 Å². The van der Waals surface area contributed by atoms with Crippen molar-refractivity contribution < 1.29 is 23.9 Å². The maximum absolute atomic E-state index is 13.0. The molecule has 0 saturated carbocycles. The minimum Gasteiger partial charge on any atom is -0.459 e. The van der Waals surface area contributed by atoms with Crippen LogP contribution >= 0.6 is 11.6 Å². The highest BCUT2D eigenvalue weighted by molar-refractivity contribution is 6.30. The van der Waals surface area contributed by atoms with Crippen LogP contribution in [-0.4, -0.2) is 63.5 Å². The summed E-state index contributed by atoms with van der Waals surface area (Å²) < 4.78 is 11.7. The molecule has 4 aromatic rings. The average Bonchev–Trinajstić information content (AvgIpc) is 3.71. The van der Waals surface area contributed by atoms with Gasteiger partial charge in [-0.15, -0.1) is 5.10 Å². The molecule has 1 aliphatic rings. The Bertz CT molecular complexity index is 1600. The number of nitrogens with zero attached hydrogens (tertiary/aromatic N) is 4. The van der Waals surface area contributed by atoms with Gasteiger partial charge >= 0.3 is 12.1 Å². The fourth-order valence-electron chi connectivity index (χ4n) is 4.56. The number of hydrogen-bond donors (Lipinski definition) is 3. The van der Waals surface area contributed by atoms with Crippen molar-refractivity contribution in [2.45, 2.75) is 31.4 Å². The Morgan fingerprint density at radius 3 is 2.61 bits per heavy atom. The minimum absolute atomic E-state index is 0.0144. The molecule has 13 heteroatoms. The first-order valence-corrected chi connectivity index (χ1v) is 14.3. The molecule has 3 aromatic carbocycles. The lowest BCUT2D eigenvalue weighted by atomic mass is 10.1. The van der Waals surface area contributed by atoms with Crippen LogP contribution in [-0.2, 0) is 25.5 Å². The van der Waals surface area contributed by atoms with Gasteiger partial charge in [-0.1, -0.05) is 41.9 Å². The topological polar surface area (TPSA) is 149 Å². The number of halogens is 1. The van der Waals surface area contributed by atoms with Crippen LogP contribution in [0.1, 0.15) is 24.0 Å². The zero-order chi connectivity index (χ0) is 30.7. The van der Waals surface area contributed by atoms with Gasteiger partial charge in [0.05, 0.1) is 11.7 Å². The molecular weight excluding hydrogens is 586 g/mol. The van der Waals surface area contributed by atoms with E-state index in [4.69, 9.17) is 21.1 Å². The Morgan fingerprint density at radius 2 is 1.89 bits per heavy atom. The van der Waals surface area contributed by atoms with Crippen LogP contribution in [0.2, 0.25) is 5.02 Å².